The molecule has 0 radical (unpaired) electrons. The summed E-state index contributed by atoms with van der Waals surface area (Å²) >= 11 is 0. The molecule has 0 bridgehead atoms. The van der Waals surface area contributed by atoms with Crippen LogP contribution in [-0.2, 0) is 6.18 Å². The van der Waals surface area contributed by atoms with E-state index in [0.717, 1.165) is 48.4 Å². The van der Waals surface area contributed by atoms with Gasteiger partial charge in [-0.25, -0.2) is 0 Å². The monoisotopic (exact) mass is 459 g/mol. The van der Waals surface area contributed by atoms with Gasteiger partial charge >= 0.3 is 6.18 Å². The number of alkyl halides is 3. The molecule has 0 aliphatic carbocycles. The minimum atomic E-state index is -4.66. The van der Waals surface area contributed by atoms with E-state index in [4.69, 9.17) is 0 Å². The zero-order valence-electron chi connectivity index (χ0n) is 18.2. The molecular weight excluding hydrogens is 435 g/mol. The number of hydrogen-bond donors (Lipinski definition) is 2. The van der Waals surface area contributed by atoms with E-state index in [-0.39, 0.29) is 17.1 Å². The fourth-order valence-electron chi connectivity index (χ4n) is 4.17. The summed E-state index contributed by atoms with van der Waals surface area (Å²) in [6.45, 7) is 1.91. The number of piperidine rings is 1. The summed E-state index contributed by atoms with van der Waals surface area (Å²) in [6, 6.07) is 5.82. The normalized spacial score (nSPS) is 16.3. The highest BCUT2D eigenvalue weighted by Crippen LogP contribution is 2.36. The number of rotatable bonds is 4. The molecule has 2 aromatic heterocycles. The summed E-state index contributed by atoms with van der Waals surface area (Å²) in [5, 5.41) is 12.8. The third-order valence-electron chi connectivity index (χ3n) is 5.96. The van der Waals surface area contributed by atoms with Crippen molar-refractivity contribution in [3.05, 3.63) is 47.8 Å². The van der Waals surface area contributed by atoms with Gasteiger partial charge < -0.3 is 19.7 Å². The van der Waals surface area contributed by atoms with Crippen LogP contribution in [0.3, 0.4) is 0 Å². The minimum absolute atomic E-state index is 0.238. The summed E-state index contributed by atoms with van der Waals surface area (Å²) < 4.78 is 41.9. The number of carbonyl (C=O) groups is 1. The number of benzene rings is 1. The first-order valence-electron chi connectivity index (χ1n) is 10.5. The Balaban J connectivity index is 1.68. The molecular formula is C23H24F3N5O2. The molecule has 174 valence electrons. The SMILES string of the molecule is CN=C(Nc1ccc(-c2cc(C(F)(F)F)c3nc(O)cn3c2)cc1C=O)C1CCN(C)CC1. The van der Waals surface area contributed by atoms with Crippen molar-refractivity contribution in [1.82, 2.24) is 14.3 Å². The Morgan fingerprint density at radius 2 is 1.94 bits per heavy atom. The number of aliphatic imine (C=N–C) groups is 1. The molecule has 4 rings (SSSR count). The smallest absolute Gasteiger partial charge is 0.420 e. The number of imidazole rings is 1. The van der Waals surface area contributed by atoms with Gasteiger partial charge in [0.2, 0.25) is 5.88 Å². The number of pyridine rings is 1. The van der Waals surface area contributed by atoms with Crippen LogP contribution in [0.5, 0.6) is 5.88 Å². The third-order valence-corrected chi connectivity index (χ3v) is 5.96. The van der Waals surface area contributed by atoms with Gasteiger partial charge in [0, 0.05) is 30.4 Å². The zero-order valence-corrected chi connectivity index (χ0v) is 18.2. The number of nitrogens with one attached hydrogen (secondary N) is 1. The first-order valence-corrected chi connectivity index (χ1v) is 10.5. The number of fused-ring (bicyclic) bond motifs is 1. The Labute approximate surface area is 188 Å². The van der Waals surface area contributed by atoms with Crippen LogP contribution in [0.2, 0.25) is 0 Å². The lowest BCUT2D eigenvalue weighted by Crippen LogP contribution is -2.36. The van der Waals surface area contributed by atoms with Crippen molar-refractivity contribution >= 4 is 23.5 Å². The molecule has 1 aliphatic rings. The molecule has 1 saturated heterocycles. The van der Waals surface area contributed by atoms with E-state index in [1.54, 1.807) is 19.2 Å². The van der Waals surface area contributed by atoms with E-state index in [1.807, 2.05) is 0 Å². The second kappa shape index (κ2) is 8.86. The van der Waals surface area contributed by atoms with E-state index < -0.39 is 17.6 Å². The predicted octanol–water partition coefficient (Wildman–Crippen LogP) is 4.32. The molecule has 0 atom stereocenters. The lowest BCUT2D eigenvalue weighted by atomic mass is 9.95. The van der Waals surface area contributed by atoms with Crippen LogP contribution < -0.4 is 5.32 Å². The van der Waals surface area contributed by atoms with E-state index in [1.165, 1.54) is 12.3 Å². The minimum Gasteiger partial charge on any atom is -0.492 e. The van der Waals surface area contributed by atoms with Gasteiger partial charge in [-0.05, 0) is 62.3 Å². The third kappa shape index (κ3) is 4.70. The van der Waals surface area contributed by atoms with Crippen molar-refractivity contribution < 1.29 is 23.1 Å². The molecule has 7 nitrogen and oxygen atoms in total. The lowest BCUT2D eigenvalue weighted by molar-refractivity contribution is -0.136. The maximum absolute atomic E-state index is 13.6. The van der Waals surface area contributed by atoms with Gasteiger partial charge in [-0.2, -0.15) is 18.2 Å². The van der Waals surface area contributed by atoms with Crippen LogP contribution in [0.25, 0.3) is 16.8 Å². The molecule has 0 spiro atoms. The zero-order chi connectivity index (χ0) is 23.8. The Bertz CT molecular complexity index is 1210. The van der Waals surface area contributed by atoms with Crippen LogP contribution in [0.15, 0.2) is 41.7 Å². The number of amidine groups is 1. The number of halogens is 3. The van der Waals surface area contributed by atoms with Gasteiger partial charge in [0.05, 0.1) is 11.8 Å². The second-order valence-corrected chi connectivity index (χ2v) is 8.20. The van der Waals surface area contributed by atoms with Gasteiger partial charge in [0.25, 0.3) is 0 Å². The average molecular weight is 459 g/mol. The number of likely N-dealkylation sites (tertiary alicyclic amines) is 1. The van der Waals surface area contributed by atoms with Crippen LogP contribution >= 0.6 is 0 Å². The van der Waals surface area contributed by atoms with E-state index in [9.17, 15) is 23.1 Å². The molecule has 33 heavy (non-hydrogen) atoms. The molecule has 2 N–H and O–H groups in total. The molecule has 0 saturated carbocycles. The van der Waals surface area contributed by atoms with Gasteiger partial charge in [-0.1, -0.05) is 6.07 Å². The average Bonchev–Trinajstić information content (AvgIpc) is 3.16. The number of carbonyl (C=O) groups excluding carboxylic acids is 1. The standard InChI is InChI=1S/C23H24F3N5O2/c1-27-21(14-5-7-30(2)8-6-14)28-19-4-3-15(9-17(19)13-32)16-10-18(23(24,25)26)22-29-20(33)12-31(22)11-16/h3-4,9-14,33H,5-8H2,1-2H3,(H,27,28). The van der Waals surface area contributed by atoms with E-state index in [2.05, 4.69) is 27.2 Å². The quantitative estimate of drug-likeness (QED) is 0.345. The summed E-state index contributed by atoms with van der Waals surface area (Å²) in [4.78, 5) is 22.0. The highest BCUT2D eigenvalue weighted by atomic mass is 19.4. The summed E-state index contributed by atoms with van der Waals surface area (Å²) in [5.41, 5.74) is 0.158. The number of nitrogens with zero attached hydrogens (tertiary/aromatic N) is 4. The molecule has 1 fully saturated rings. The lowest BCUT2D eigenvalue weighted by Gasteiger charge is -2.30. The maximum atomic E-state index is 13.6. The largest absolute Gasteiger partial charge is 0.492 e. The van der Waals surface area contributed by atoms with Crippen LogP contribution in [0.1, 0.15) is 28.8 Å². The topological polar surface area (TPSA) is 82.2 Å². The fraction of sp³-hybridized carbons (Fsp3) is 0.348. The van der Waals surface area contributed by atoms with E-state index in [0.29, 0.717) is 23.1 Å². The molecule has 1 aliphatic heterocycles. The van der Waals surface area contributed by atoms with Crippen molar-refractivity contribution in [2.45, 2.75) is 19.0 Å². The molecule has 3 aromatic rings. The van der Waals surface area contributed by atoms with Crippen molar-refractivity contribution in [2.24, 2.45) is 10.9 Å². The fourth-order valence-corrected chi connectivity index (χ4v) is 4.17. The number of aromatic nitrogens is 2. The molecule has 0 unspecified atom stereocenters. The summed E-state index contributed by atoms with van der Waals surface area (Å²) in [7, 11) is 3.77. The van der Waals surface area contributed by atoms with Gasteiger partial charge in [0.15, 0.2) is 11.9 Å². The van der Waals surface area contributed by atoms with E-state index >= 15 is 0 Å². The van der Waals surface area contributed by atoms with Crippen molar-refractivity contribution in [3.63, 3.8) is 0 Å². The second-order valence-electron chi connectivity index (χ2n) is 8.20. The van der Waals surface area contributed by atoms with Gasteiger partial charge in [-0.3, -0.25) is 9.79 Å². The Hall–Kier alpha value is -3.40. The Kier molecular flexibility index (Phi) is 6.11. The molecule has 1 aromatic carbocycles. The first-order chi connectivity index (χ1) is 15.7. The summed E-state index contributed by atoms with van der Waals surface area (Å²) in [6.07, 6.45) is 0.442. The highest BCUT2D eigenvalue weighted by Gasteiger charge is 2.35. The predicted molar refractivity (Wildman–Crippen MR) is 120 cm³/mol. The number of anilines is 1. The summed E-state index contributed by atoms with van der Waals surface area (Å²) in [5.74, 6) is 0.524. The Morgan fingerprint density at radius 3 is 2.58 bits per heavy atom. The van der Waals surface area contributed by atoms with Crippen molar-refractivity contribution in [1.29, 1.82) is 0 Å². The van der Waals surface area contributed by atoms with Gasteiger partial charge in [-0.15, -0.1) is 0 Å². The van der Waals surface area contributed by atoms with Crippen molar-refractivity contribution in [2.75, 3.05) is 32.5 Å². The van der Waals surface area contributed by atoms with Crippen molar-refractivity contribution in [3.8, 4) is 17.0 Å². The molecule has 0 amide bonds. The number of aldehydes is 1. The van der Waals surface area contributed by atoms with Crippen LogP contribution in [0, 0.1) is 5.92 Å². The number of aromatic hydroxyl groups is 1. The molecule has 3 heterocycles. The maximum Gasteiger partial charge on any atom is 0.420 e. The first kappa shape index (κ1) is 22.8. The van der Waals surface area contributed by atoms with Crippen LogP contribution in [0.4, 0.5) is 18.9 Å². The number of hydrogen-bond acceptors (Lipinski definition) is 5. The van der Waals surface area contributed by atoms with Gasteiger partial charge in [0.1, 0.15) is 5.84 Å². The highest BCUT2D eigenvalue weighted by molar-refractivity contribution is 6.01. The molecule has 10 heteroatoms. The van der Waals surface area contributed by atoms with Crippen LogP contribution in [-0.4, -0.2) is 58.7 Å². The Morgan fingerprint density at radius 1 is 1.21 bits per heavy atom.